The van der Waals surface area contributed by atoms with Crippen molar-refractivity contribution in [3.63, 3.8) is 0 Å². The van der Waals surface area contributed by atoms with Crippen LogP contribution in [0.3, 0.4) is 0 Å². The molecule has 0 bridgehead atoms. The summed E-state index contributed by atoms with van der Waals surface area (Å²) >= 11 is 14.2. The highest BCUT2D eigenvalue weighted by atomic mass is 35.5. The minimum Gasteiger partial charge on any atom is -0.487 e. The van der Waals surface area contributed by atoms with Crippen molar-refractivity contribution in [1.29, 1.82) is 0 Å². The number of halogens is 2. The lowest BCUT2D eigenvalue weighted by Gasteiger charge is -2.10. The van der Waals surface area contributed by atoms with Gasteiger partial charge in [-0.15, -0.1) is 0 Å². The van der Waals surface area contributed by atoms with E-state index in [0.29, 0.717) is 32.7 Å². The minimum absolute atomic E-state index is 0.00212. The molecule has 4 aromatic rings. The van der Waals surface area contributed by atoms with Crippen LogP contribution in [0.1, 0.15) is 22.3 Å². The van der Waals surface area contributed by atoms with Crippen molar-refractivity contribution in [3.05, 3.63) is 147 Å². The second kappa shape index (κ2) is 17.0. The number of amides is 4. The summed E-state index contributed by atoms with van der Waals surface area (Å²) in [6.45, 7) is 0.344. The van der Waals surface area contributed by atoms with E-state index in [2.05, 4.69) is 10.6 Å². The maximum atomic E-state index is 11.6. The van der Waals surface area contributed by atoms with Crippen molar-refractivity contribution in [1.82, 2.24) is 10.6 Å². The van der Waals surface area contributed by atoms with E-state index in [4.69, 9.17) is 32.7 Å². The summed E-state index contributed by atoms with van der Waals surface area (Å²) in [5.41, 5.74) is 2.57. The number of imide groups is 2. The van der Waals surface area contributed by atoms with Crippen LogP contribution in [0.4, 0.5) is 21.0 Å². The molecule has 264 valence electrons. The van der Waals surface area contributed by atoms with Crippen LogP contribution in [0, 0.1) is 20.2 Å². The van der Waals surface area contributed by atoms with Crippen LogP contribution in [0.15, 0.2) is 94.7 Å². The molecule has 52 heavy (non-hydrogen) atoms. The summed E-state index contributed by atoms with van der Waals surface area (Å²) in [5.74, 6) is -0.135. The topological polar surface area (TPSA) is 197 Å². The maximum Gasteiger partial charge on any atom is 0.290 e. The summed E-state index contributed by atoms with van der Waals surface area (Å²) in [4.78, 5) is 66.6. The van der Waals surface area contributed by atoms with Crippen molar-refractivity contribution in [2.45, 2.75) is 13.2 Å². The van der Waals surface area contributed by atoms with E-state index in [0.717, 1.165) is 34.7 Å². The molecular formula is C34H22Cl2N4O10S2. The number of benzene rings is 4. The van der Waals surface area contributed by atoms with Gasteiger partial charge in [-0.25, -0.2) is 0 Å². The van der Waals surface area contributed by atoms with Gasteiger partial charge in [0.1, 0.15) is 24.7 Å². The summed E-state index contributed by atoms with van der Waals surface area (Å²) < 4.78 is 11.3. The number of nitro groups is 2. The summed E-state index contributed by atoms with van der Waals surface area (Å²) in [7, 11) is 0. The molecule has 0 atom stereocenters. The van der Waals surface area contributed by atoms with Gasteiger partial charge in [0, 0.05) is 24.3 Å². The molecular weight excluding hydrogens is 759 g/mol. The number of nitrogens with one attached hydrogen (secondary N) is 2. The minimum atomic E-state index is -0.472. The first kappa shape index (κ1) is 37.6. The number of nitrogens with zero attached hydrogens (tertiary/aromatic N) is 2. The molecule has 2 aliphatic rings. The van der Waals surface area contributed by atoms with Crippen LogP contribution in [0.5, 0.6) is 11.5 Å². The molecule has 14 nitrogen and oxygen atoms in total. The molecule has 2 N–H and O–H groups in total. The molecule has 0 unspecified atom stereocenters. The van der Waals surface area contributed by atoms with Crippen LogP contribution >= 0.6 is 46.7 Å². The zero-order chi connectivity index (χ0) is 37.4. The third-order valence-electron chi connectivity index (χ3n) is 6.93. The lowest BCUT2D eigenvalue weighted by atomic mass is 10.2. The van der Waals surface area contributed by atoms with Crippen LogP contribution in [-0.2, 0) is 22.8 Å². The molecule has 2 saturated heterocycles. The van der Waals surface area contributed by atoms with Gasteiger partial charge in [0.2, 0.25) is 0 Å². The lowest BCUT2D eigenvalue weighted by Crippen LogP contribution is -2.17. The average Bonchev–Trinajstić information content (AvgIpc) is 3.62. The fourth-order valence-electron chi connectivity index (χ4n) is 4.38. The molecule has 2 aliphatic heterocycles. The second-order valence-corrected chi connectivity index (χ2v) is 13.2. The van der Waals surface area contributed by atoms with Gasteiger partial charge in [0.05, 0.1) is 29.7 Å². The van der Waals surface area contributed by atoms with Gasteiger partial charge in [-0.2, -0.15) is 0 Å². The quantitative estimate of drug-likeness (QED) is 0.0888. The highest BCUT2D eigenvalue weighted by Crippen LogP contribution is 2.35. The van der Waals surface area contributed by atoms with E-state index in [1.165, 1.54) is 36.4 Å². The highest BCUT2D eigenvalue weighted by Gasteiger charge is 2.26. The standard InChI is InChI=1S/2C17H11ClN2O5S/c2*18-15-11(8-14-16(21)19-17(22)26-14)2-1-3-13(15)25-9-10-4-6-12(7-5-10)20(23)24/h2*1-8H,9H2,(H,19,21,22). The van der Waals surface area contributed by atoms with E-state index in [9.17, 15) is 39.4 Å². The van der Waals surface area contributed by atoms with Gasteiger partial charge >= 0.3 is 0 Å². The average molecular weight is 782 g/mol. The number of hydrogen-bond donors (Lipinski definition) is 2. The monoisotopic (exact) mass is 780 g/mol. The molecule has 4 amide bonds. The van der Waals surface area contributed by atoms with Gasteiger partial charge in [-0.1, -0.05) is 47.5 Å². The van der Waals surface area contributed by atoms with Gasteiger partial charge in [-0.05, 0) is 94.3 Å². The van der Waals surface area contributed by atoms with Crippen molar-refractivity contribution >= 4 is 92.5 Å². The van der Waals surface area contributed by atoms with Gasteiger partial charge in [-0.3, -0.25) is 50.0 Å². The molecule has 0 saturated carbocycles. The predicted octanol–water partition coefficient (Wildman–Crippen LogP) is 8.30. The van der Waals surface area contributed by atoms with E-state index in [-0.39, 0.29) is 34.4 Å². The van der Waals surface area contributed by atoms with Gasteiger partial charge in [0.15, 0.2) is 0 Å². The molecule has 2 heterocycles. The number of thioether (sulfide) groups is 2. The van der Waals surface area contributed by atoms with Crippen LogP contribution in [-0.4, -0.2) is 32.1 Å². The van der Waals surface area contributed by atoms with Crippen LogP contribution in [0.25, 0.3) is 12.2 Å². The van der Waals surface area contributed by atoms with Gasteiger partial charge < -0.3 is 9.47 Å². The maximum absolute atomic E-state index is 11.6. The third-order valence-corrected chi connectivity index (χ3v) is 9.36. The zero-order valence-corrected chi connectivity index (χ0v) is 29.3. The molecule has 6 rings (SSSR count). The normalized spacial score (nSPS) is 15.2. The third kappa shape index (κ3) is 9.76. The first-order valence-corrected chi connectivity index (χ1v) is 17.1. The Morgan fingerprint density at radius 2 is 0.962 bits per heavy atom. The zero-order valence-electron chi connectivity index (χ0n) is 26.2. The highest BCUT2D eigenvalue weighted by molar-refractivity contribution is 8.18. The molecule has 0 spiro atoms. The van der Waals surface area contributed by atoms with Crippen molar-refractivity contribution in [2.75, 3.05) is 0 Å². The number of nitro benzene ring substituents is 2. The van der Waals surface area contributed by atoms with Crippen molar-refractivity contribution < 1.29 is 38.5 Å². The number of ether oxygens (including phenoxy) is 2. The van der Waals surface area contributed by atoms with E-state index in [1.807, 2.05) is 0 Å². The van der Waals surface area contributed by atoms with Crippen LogP contribution < -0.4 is 20.1 Å². The number of non-ortho nitro benzene ring substituents is 2. The Bertz CT molecular complexity index is 2010. The Morgan fingerprint density at radius 1 is 0.596 bits per heavy atom. The Balaban J connectivity index is 0.000000201. The first-order chi connectivity index (χ1) is 24.9. The van der Waals surface area contributed by atoms with Gasteiger partial charge in [0.25, 0.3) is 33.7 Å². The largest absolute Gasteiger partial charge is 0.487 e. The molecule has 18 heteroatoms. The number of hydrogen-bond acceptors (Lipinski definition) is 12. The predicted molar refractivity (Wildman–Crippen MR) is 196 cm³/mol. The molecule has 0 radical (unpaired) electrons. The fraction of sp³-hybridized carbons (Fsp3) is 0.0588. The SMILES string of the molecule is O=C1NC(=O)C(=Cc2cccc(OCc3ccc([N+](=O)[O-])cc3)c2Cl)S1.O=C1NC(=O)C(=Cc2cccc(OCc3ccc([N+](=O)[O-])cc3)c2Cl)S1. The smallest absolute Gasteiger partial charge is 0.290 e. The molecule has 2 fully saturated rings. The van der Waals surface area contributed by atoms with E-state index in [1.54, 1.807) is 60.7 Å². The Kier molecular flexibility index (Phi) is 12.3. The fourth-order valence-corrected chi connectivity index (χ4v) is 6.19. The van der Waals surface area contributed by atoms with Crippen LogP contribution in [0.2, 0.25) is 10.0 Å². The second-order valence-electron chi connectivity index (χ2n) is 10.4. The first-order valence-electron chi connectivity index (χ1n) is 14.7. The van der Waals surface area contributed by atoms with E-state index >= 15 is 0 Å². The molecule has 4 aromatic carbocycles. The number of carbonyl (C=O) groups excluding carboxylic acids is 4. The van der Waals surface area contributed by atoms with E-state index < -0.39 is 32.1 Å². The number of carbonyl (C=O) groups is 4. The summed E-state index contributed by atoms with van der Waals surface area (Å²) in [6.07, 6.45) is 3.04. The van der Waals surface area contributed by atoms with Crippen molar-refractivity contribution in [3.8, 4) is 11.5 Å². The number of rotatable bonds is 10. The molecule has 0 aromatic heterocycles. The summed E-state index contributed by atoms with van der Waals surface area (Å²) in [6, 6.07) is 22.1. The molecule has 0 aliphatic carbocycles. The Hall–Kier alpha value is -5.68. The lowest BCUT2D eigenvalue weighted by molar-refractivity contribution is -0.385. The Labute approximate surface area is 312 Å². The van der Waals surface area contributed by atoms with Crippen molar-refractivity contribution in [2.24, 2.45) is 0 Å². The Morgan fingerprint density at radius 3 is 1.27 bits per heavy atom. The summed E-state index contributed by atoms with van der Waals surface area (Å²) in [5, 5.41) is 25.4.